The molecular weight excluding hydrogens is 338 g/mol. The highest BCUT2D eigenvalue weighted by Gasteiger charge is 2.51. The van der Waals surface area contributed by atoms with Crippen molar-refractivity contribution in [2.45, 2.75) is 51.0 Å². The highest BCUT2D eigenvalue weighted by molar-refractivity contribution is 5.96. The van der Waals surface area contributed by atoms with Crippen LogP contribution in [0.25, 0.3) is 0 Å². The summed E-state index contributed by atoms with van der Waals surface area (Å²) in [6.07, 6.45) is 7.54. The first-order valence-corrected chi connectivity index (χ1v) is 10.4. The van der Waals surface area contributed by atoms with Crippen molar-refractivity contribution >= 4 is 17.6 Å². The van der Waals surface area contributed by atoms with Gasteiger partial charge in [-0.05, 0) is 75.3 Å². The molecule has 0 aromatic heterocycles. The SMILES string of the molecule is Cc1ccc(N2CCN(CC(=O)NC34CC5CC(CC(C5)C3)C4)C2=O)cc1. The summed E-state index contributed by atoms with van der Waals surface area (Å²) in [5.41, 5.74) is 2.11. The molecule has 5 nitrogen and oxygen atoms in total. The second kappa shape index (κ2) is 6.25. The summed E-state index contributed by atoms with van der Waals surface area (Å²) in [6, 6.07) is 7.94. The van der Waals surface area contributed by atoms with E-state index < -0.39 is 0 Å². The maximum Gasteiger partial charge on any atom is 0.325 e. The average molecular weight is 367 g/mol. The Balaban J connectivity index is 1.22. The Morgan fingerprint density at radius 3 is 2.22 bits per heavy atom. The van der Waals surface area contributed by atoms with Gasteiger partial charge in [-0.15, -0.1) is 0 Å². The van der Waals surface area contributed by atoms with Gasteiger partial charge in [0.15, 0.2) is 0 Å². The van der Waals surface area contributed by atoms with Crippen molar-refractivity contribution in [3.63, 3.8) is 0 Å². The molecule has 4 aliphatic carbocycles. The topological polar surface area (TPSA) is 52.6 Å². The summed E-state index contributed by atoms with van der Waals surface area (Å²) in [5.74, 6) is 2.45. The predicted octanol–water partition coefficient (Wildman–Crippen LogP) is 3.32. The van der Waals surface area contributed by atoms with Crippen molar-refractivity contribution in [2.75, 3.05) is 24.5 Å². The summed E-state index contributed by atoms with van der Waals surface area (Å²) in [4.78, 5) is 29.0. The number of carbonyl (C=O) groups is 2. The van der Waals surface area contributed by atoms with E-state index in [1.807, 2.05) is 31.2 Å². The number of urea groups is 1. The van der Waals surface area contributed by atoms with Crippen LogP contribution >= 0.6 is 0 Å². The third-order valence-corrected chi connectivity index (χ3v) is 7.22. The van der Waals surface area contributed by atoms with Crippen molar-refractivity contribution < 1.29 is 9.59 Å². The van der Waals surface area contributed by atoms with Crippen LogP contribution in [0.1, 0.15) is 44.1 Å². The minimum atomic E-state index is -0.0560. The quantitative estimate of drug-likeness (QED) is 0.888. The Morgan fingerprint density at radius 1 is 1.04 bits per heavy atom. The summed E-state index contributed by atoms with van der Waals surface area (Å²) < 4.78 is 0. The first-order valence-electron chi connectivity index (χ1n) is 10.4. The number of anilines is 1. The maximum absolute atomic E-state index is 12.8. The number of nitrogens with zero attached hydrogens (tertiary/aromatic N) is 2. The Morgan fingerprint density at radius 2 is 1.63 bits per heavy atom. The van der Waals surface area contributed by atoms with Gasteiger partial charge >= 0.3 is 6.03 Å². The van der Waals surface area contributed by atoms with Crippen LogP contribution in [-0.4, -0.2) is 42.0 Å². The molecule has 5 fully saturated rings. The van der Waals surface area contributed by atoms with Crippen molar-refractivity contribution in [3.05, 3.63) is 29.8 Å². The molecule has 1 aromatic rings. The fourth-order valence-electron chi connectivity index (χ4n) is 6.47. The molecule has 5 heteroatoms. The van der Waals surface area contributed by atoms with E-state index >= 15 is 0 Å². The number of nitrogens with one attached hydrogen (secondary N) is 1. The van der Waals surface area contributed by atoms with E-state index in [1.165, 1.54) is 24.8 Å². The zero-order valence-electron chi connectivity index (χ0n) is 16.1. The molecule has 1 heterocycles. The Labute approximate surface area is 161 Å². The third-order valence-electron chi connectivity index (χ3n) is 7.22. The lowest BCUT2D eigenvalue weighted by Gasteiger charge is -2.57. The monoisotopic (exact) mass is 367 g/mol. The number of hydrogen-bond donors (Lipinski definition) is 1. The molecule has 4 bridgehead atoms. The van der Waals surface area contributed by atoms with E-state index in [0.717, 1.165) is 42.7 Å². The molecule has 1 saturated heterocycles. The van der Waals surface area contributed by atoms with Gasteiger partial charge in [-0.3, -0.25) is 9.69 Å². The zero-order chi connectivity index (χ0) is 18.6. The van der Waals surface area contributed by atoms with E-state index in [-0.39, 0.29) is 24.0 Å². The molecule has 3 amide bonds. The van der Waals surface area contributed by atoms with Crippen LogP contribution in [0, 0.1) is 24.7 Å². The van der Waals surface area contributed by atoms with Crippen LogP contribution in [0.15, 0.2) is 24.3 Å². The number of hydrogen-bond acceptors (Lipinski definition) is 2. The minimum Gasteiger partial charge on any atom is -0.349 e. The lowest BCUT2D eigenvalue weighted by atomic mass is 9.53. The lowest BCUT2D eigenvalue weighted by molar-refractivity contribution is -0.127. The minimum absolute atomic E-state index is 0.0191. The van der Waals surface area contributed by atoms with E-state index in [0.29, 0.717) is 13.1 Å². The van der Waals surface area contributed by atoms with E-state index in [4.69, 9.17) is 0 Å². The Kier molecular flexibility index (Phi) is 3.95. The van der Waals surface area contributed by atoms with Crippen LogP contribution in [0.2, 0.25) is 0 Å². The van der Waals surface area contributed by atoms with Crippen LogP contribution in [0.5, 0.6) is 0 Å². The Hall–Kier alpha value is -2.04. The molecule has 0 radical (unpaired) electrons. The van der Waals surface area contributed by atoms with Gasteiger partial charge in [0, 0.05) is 24.3 Å². The van der Waals surface area contributed by atoms with Gasteiger partial charge in [0.05, 0.1) is 0 Å². The van der Waals surface area contributed by atoms with Gasteiger partial charge < -0.3 is 10.2 Å². The van der Waals surface area contributed by atoms with E-state index in [2.05, 4.69) is 5.32 Å². The maximum atomic E-state index is 12.8. The second-order valence-electron chi connectivity index (χ2n) is 9.44. The van der Waals surface area contributed by atoms with Gasteiger partial charge in [0.2, 0.25) is 5.91 Å². The average Bonchev–Trinajstić information content (AvgIpc) is 2.94. The largest absolute Gasteiger partial charge is 0.349 e. The number of rotatable bonds is 4. The molecule has 4 saturated carbocycles. The fraction of sp³-hybridized carbons (Fsp3) is 0.636. The van der Waals surface area contributed by atoms with Gasteiger partial charge in [0.1, 0.15) is 6.54 Å². The predicted molar refractivity (Wildman–Crippen MR) is 105 cm³/mol. The second-order valence-corrected chi connectivity index (χ2v) is 9.44. The molecule has 1 N–H and O–H groups in total. The smallest absolute Gasteiger partial charge is 0.325 e. The van der Waals surface area contributed by atoms with Gasteiger partial charge in [-0.25, -0.2) is 4.79 Å². The van der Waals surface area contributed by atoms with Crippen LogP contribution in [-0.2, 0) is 4.79 Å². The molecule has 0 unspecified atom stereocenters. The number of amides is 3. The van der Waals surface area contributed by atoms with Crippen LogP contribution in [0.4, 0.5) is 10.5 Å². The number of carbonyl (C=O) groups excluding carboxylic acids is 2. The molecule has 1 aliphatic heterocycles. The van der Waals surface area contributed by atoms with Gasteiger partial charge in [0.25, 0.3) is 0 Å². The van der Waals surface area contributed by atoms with E-state index in [1.54, 1.807) is 9.80 Å². The molecule has 1 aromatic carbocycles. The first-order chi connectivity index (χ1) is 13.0. The molecule has 6 rings (SSSR count). The normalized spacial score (nSPS) is 34.4. The molecule has 5 aliphatic rings. The standard InChI is InChI=1S/C22H29N3O2/c1-15-2-4-19(5-3-15)25-7-6-24(21(25)27)14-20(26)23-22-11-16-8-17(12-22)10-18(9-16)13-22/h2-5,16-18H,6-14H2,1H3,(H,23,26). The number of benzene rings is 1. The van der Waals surface area contributed by atoms with Gasteiger partial charge in [-0.1, -0.05) is 17.7 Å². The highest BCUT2D eigenvalue weighted by atomic mass is 16.2. The summed E-state index contributed by atoms with van der Waals surface area (Å²) in [5, 5.41) is 3.38. The van der Waals surface area contributed by atoms with Crippen molar-refractivity contribution in [3.8, 4) is 0 Å². The zero-order valence-corrected chi connectivity index (χ0v) is 16.1. The van der Waals surface area contributed by atoms with Gasteiger partial charge in [-0.2, -0.15) is 0 Å². The molecule has 0 atom stereocenters. The highest BCUT2D eigenvalue weighted by Crippen LogP contribution is 2.55. The lowest BCUT2D eigenvalue weighted by Crippen LogP contribution is -2.61. The summed E-state index contributed by atoms with van der Waals surface area (Å²) in [6.45, 7) is 3.48. The van der Waals surface area contributed by atoms with Crippen molar-refractivity contribution in [2.24, 2.45) is 17.8 Å². The molecule has 27 heavy (non-hydrogen) atoms. The summed E-state index contributed by atoms with van der Waals surface area (Å²) >= 11 is 0. The molecule has 0 spiro atoms. The van der Waals surface area contributed by atoms with E-state index in [9.17, 15) is 9.59 Å². The fourth-order valence-corrected chi connectivity index (χ4v) is 6.47. The molecular formula is C22H29N3O2. The summed E-state index contributed by atoms with van der Waals surface area (Å²) in [7, 11) is 0. The number of aryl methyl sites for hydroxylation is 1. The van der Waals surface area contributed by atoms with Crippen molar-refractivity contribution in [1.82, 2.24) is 10.2 Å². The van der Waals surface area contributed by atoms with Crippen LogP contribution in [0.3, 0.4) is 0 Å². The Bertz CT molecular complexity index is 722. The first kappa shape index (κ1) is 17.1. The molecule has 144 valence electrons. The van der Waals surface area contributed by atoms with Crippen LogP contribution < -0.4 is 10.2 Å². The van der Waals surface area contributed by atoms with Crippen molar-refractivity contribution in [1.29, 1.82) is 0 Å². The third kappa shape index (κ3) is 3.11.